The van der Waals surface area contributed by atoms with Gasteiger partial charge in [0.2, 0.25) is 0 Å². The summed E-state index contributed by atoms with van der Waals surface area (Å²) in [7, 11) is 0. The van der Waals surface area contributed by atoms with Gasteiger partial charge in [-0.15, -0.1) is 0 Å². The fraction of sp³-hybridized carbons (Fsp3) is 0. The Bertz CT molecular complexity index is 939. The maximum Gasteiger partial charge on any atom is 0.270 e. The average molecular weight is 336 g/mol. The third-order valence-corrected chi connectivity index (χ3v) is 3.62. The van der Waals surface area contributed by atoms with Crippen molar-refractivity contribution in [3.8, 4) is 11.1 Å². The lowest BCUT2D eigenvalue weighted by Crippen LogP contribution is -2.11. The van der Waals surface area contributed by atoms with Gasteiger partial charge < -0.3 is 5.32 Å². The van der Waals surface area contributed by atoms with E-state index < -0.39 is 10.7 Å². The highest BCUT2D eigenvalue weighted by Gasteiger charge is 2.09. The molecule has 3 aromatic carbocycles. The van der Waals surface area contributed by atoms with Crippen molar-refractivity contribution in [1.29, 1.82) is 0 Å². The second-order valence-corrected chi connectivity index (χ2v) is 5.35. The molecule has 0 saturated heterocycles. The molecule has 0 bridgehead atoms. The Morgan fingerprint density at radius 1 is 0.920 bits per heavy atom. The molecule has 0 fully saturated rings. The molecule has 3 rings (SSSR count). The number of nitro benzene ring substituents is 1. The van der Waals surface area contributed by atoms with Crippen molar-refractivity contribution < 1.29 is 14.1 Å². The number of benzene rings is 3. The maximum atomic E-state index is 12.9. The fourth-order valence-corrected chi connectivity index (χ4v) is 2.38. The Hall–Kier alpha value is -3.54. The summed E-state index contributed by atoms with van der Waals surface area (Å²) >= 11 is 0. The molecule has 0 saturated carbocycles. The second kappa shape index (κ2) is 6.92. The van der Waals surface area contributed by atoms with Crippen LogP contribution >= 0.6 is 0 Å². The minimum atomic E-state index is -0.455. The van der Waals surface area contributed by atoms with Crippen molar-refractivity contribution >= 4 is 17.3 Å². The molecule has 1 amide bonds. The first-order chi connectivity index (χ1) is 12.0. The predicted molar refractivity (Wildman–Crippen MR) is 92.9 cm³/mol. The molecule has 0 aliphatic heterocycles. The van der Waals surface area contributed by atoms with Gasteiger partial charge in [-0.05, 0) is 47.5 Å². The van der Waals surface area contributed by atoms with Crippen LogP contribution in [-0.4, -0.2) is 10.8 Å². The van der Waals surface area contributed by atoms with Gasteiger partial charge in [-0.1, -0.05) is 24.3 Å². The smallest absolute Gasteiger partial charge is 0.270 e. The van der Waals surface area contributed by atoms with Crippen LogP contribution in [-0.2, 0) is 0 Å². The Morgan fingerprint density at radius 2 is 1.56 bits per heavy atom. The van der Waals surface area contributed by atoms with E-state index in [2.05, 4.69) is 5.32 Å². The predicted octanol–water partition coefficient (Wildman–Crippen LogP) is 4.65. The van der Waals surface area contributed by atoms with Crippen molar-refractivity contribution in [2.75, 3.05) is 5.32 Å². The lowest BCUT2D eigenvalue weighted by molar-refractivity contribution is -0.384. The molecular formula is C19H13FN2O3. The normalized spacial score (nSPS) is 10.3. The fourth-order valence-electron chi connectivity index (χ4n) is 2.38. The third kappa shape index (κ3) is 3.87. The summed E-state index contributed by atoms with van der Waals surface area (Å²) in [5, 5.41) is 13.6. The van der Waals surface area contributed by atoms with Crippen LogP contribution < -0.4 is 5.32 Å². The highest BCUT2D eigenvalue weighted by Crippen LogP contribution is 2.26. The molecule has 0 unspecified atom stereocenters. The number of rotatable bonds is 4. The van der Waals surface area contributed by atoms with Crippen LogP contribution in [0.4, 0.5) is 15.8 Å². The van der Waals surface area contributed by atoms with E-state index in [1.807, 2.05) is 0 Å². The lowest BCUT2D eigenvalue weighted by atomic mass is 10.0. The monoisotopic (exact) mass is 336 g/mol. The summed E-state index contributed by atoms with van der Waals surface area (Å²) < 4.78 is 12.9. The SMILES string of the molecule is O=C(Nc1cccc(-c2cccc([N+](=O)[O-])c2)c1)c1ccc(F)cc1. The standard InChI is InChI=1S/C19H13FN2O3/c20-16-9-7-13(8-10-16)19(23)21-17-5-1-3-14(11-17)15-4-2-6-18(12-15)22(24)25/h1-12H,(H,21,23). The zero-order valence-corrected chi connectivity index (χ0v) is 13.0. The third-order valence-electron chi connectivity index (χ3n) is 3.62. The first-order valence-corrected chi connectivity index (χ1v) is 7.45. The first kappa shape index (κ1) is 16.3. The largest absolute Gasteiger partial charge is 0.322 e. The molecule has 0 heterocycles. The minimum absolute atomic E-state index is 0.00162. The van der Waals surface area contributed by atoms with Crippen molar-refractivity contribution in [3.05, 3.63) is 94.3 Å². The van der Waals surface area contributed by atoms with Gasteiger partial charge in [0.1, 0.15) is 5.82 Å². The number of non-ortho nitro benzene ring substituents is 1. The van der Waals surface area contributed by atoms with Gasteiger partial charge in [0.25, 0.3) is 11.6 Å². The number of carbonyl (C=O) groups is 1. The van der Waals surface area contributed by atoms with Crippen molar-refractivity contribution in [3.63, 3.8) is 0 Å². The molecule has 5 nitrogen and oxygen atoms in total. The number of nitro groups is 1. The van der Waals surface area contributed by atoms with Crippen LogP contribution in [0.25, 0.3) is 11.1 Å². The Kier molecular flexibility index (Phi) is 4.52. The van der Waals surface area contributed by atoms with E-state index in [-0.39, 0.29) is 11.6 Å². The molecule has 0 atom stereocenters. The van der Waals surface area contributed by atoms with Crippen LogP contribution in [0.5, 0.6) is 0 Å². The molecular weight excluding hydrogens is 323 g/mol. The summed E-state index contributed by atoms with van der Waals surface area (Å²) in [6, 6.07) is 18.5. The number of hydrogen-bond donors (Lipinski definition) is 1. The number of halogens is 1. The van der Waals surface area contributed by atoms with E-state index in [0.29, 0.717) is 16.8 Å². The van der Waals surface area contributed by atoms with Gasteiger partial charge in [-0.2, -0.15) is 0 Å². The van der Waals surface area contributed by atoms with Crippen molar-refractivity contribution in [2.45, 2.75) is 0 Å². The van der Waals surface area contributed by atoms with Crippen molar-refractivity contribution in [2.24, 2.45) is 0 Å². The van der Waals surface area contributed by atoms with Gasteiger partial charge in [0.05, 0.1) is 4.92 Å². The second-order valence-electron chi connectivity index (χ2n) is 5.35. The Morgan fingerprint density at radius 3 is 2.24 bits per heavy atom. The van der Waals surface area contributed by atoms with Gasteiger partial charge in [-0.25, -0.2) is 4.39 Å². The number of nitrogens with one attached hydrogen (secondary N) is 1. The molecule has 0 aliphatic rings. The number of carbonyl (C=O) groups excluding carboxylic acids is 1. The molecule has 6 heteroatoms. The highest BCUT2D eigenvalue weighted by atomic mass is 19.1. The van der Waals surface area contributed by atoms with E-state index in [9.17, 15) is 19.3 Å². The van der Waals surface area contributed by atoms with Crippen molar-refractivity contribution in [1.82, 2.24) is 0 Å². The van der Waals surface area contributed by atoms with Gasteiger partial charge in [-0.3, -0.25) is 14.9 Å². The first-order valence-electron chi connectivity index (χ1n) is 7.45. The highest BCUT2D eigenvalue weighted by molar-refractivity contribution is 6.04. The average Bonchev–Trinajstić information content (AvgIpc) is 2.62. The molecule has 1 N–H and O–H groups in total. The maximum absolute atomic E-state index is 12.9. The minimum Gasteiger partial charge on any atom is -0.322 e. The topological polar surface area (TPSA) is 72.2 Å². The van der Waals surface area contributed by atoms with Gasteiger partial charge in [0, 0.05) is 23.4 Å². The molecule has 25 heavy (non-hydrogen) atoms. The van der Waals surface area contributed by atoms with Crippen LogP contribution in [0.1, 0.15) is 10.4 Å². The van der Waals surface area contributed by atoms with Gasteiger partial charge >= 0.3 is 0 Å². The summed E-state index contributed by atoms with van der Waals surface area (Å²) in [5.74, 6) is -0.777. The zero-order chi connectivity index (χ0) is 17.8. The summed E-state index contributed by atoms with van der Waals surface area (Å²) in [6.45, 7) is 0. The van der Waals surface area contributed by atoms with E-state index in [0.717, 1.165) is 5.56 Å². The molecule has 0 aliphatic carbocycles. The summed E-state index contributed by atoms with van der Waals surface area (Å²) in [5.41, 5.74) is 2.28. The Labute approximate surface area is 142 Å². The zero-order valence-electron chi connectivity index (χ0n) is 13.0. The number of anilines is 1. The Balaban J connectivity index is 1.84. The molecule has 0 radical (unpaired) electrons. The van der Waals surface area contributed by atoms with E-state index in [1.165, 1.54) is 36.4 Å². The summed E-state index contributed by atoms with van der Waals surface area (Å²) in [6.07, 6.45) is 0. The lowest BCUT2D eigenvalue weighted by Gasteiger charge is -2.08. The summed E-state index contributed by atoms with van der Waals surface area (Å²) in [4.78, 5) is 22.6. The number of amides is 1. The molecule has 124 valence electrons. The van der Waals surface area contributed by atoms with Crippen LogP contribution in [0.3, 0.4) is 0 Å². The molecule has 0 spiro atoms. The quantitative estimate of drug-likeness (QED) is 0.556. The van der Waals surface area contributed by atoms with E-state index >= 15 is 0 Å². The number of nitrogens with zero attached hydrogens (tertiary/aromatic N) is 1. The van der Waals surface area contributed by atoms with Crippen LogP contribution in [0, 0.1) is 15.9 Å². The van der Waals surface area contributed by atoms with E-state index in [1.54, 1.807) is 36.4 Å². The van der Waals surface area contributed by atoms with Crippen LogP contribution in [0.15, 0.2) is 72.8 Å². The van der Waals surface area contributed by atoms with Crippen LogP contribution in [0.2, 0.25) is 0 Å². The van der Waals surface area contributed by atoms with Gasteiger partial charge in [0.15, 0.2) is 0 Å². The number of hydrogen-bond acceptors (Lipinski definition) is 3. The molecule has 0 aromatic heterocycles. The molecule has 3 aromatic rings. The van der Waals surface area contributed by atoms with E-state index in [4.69, 9.17) is 0 Å².